The van der Waals surface area contributed by atoms with Crippen LogP contribution in [0.5, 0.6) is 0 Å². The first kappa shape index (κ1) is 45.3. The van der Waals surface area contributed by atoms with Gasteiger partial charge in [-0.3, -0.25) is 19.5 Å². The van der Waals surface area contributed by atoms with Crippen LogP contribution in [0.15, 0.2) is 103 Å². The summed E-state index contributed by atoms with van der Waals surface area (Å²) in [6.07, 6.45) is 0.0455. The number of rotatable bonds is 16. The molecule has 4 N–H and O–H groups in total. The Bertz CT molecular complexity index is 2050. The first-order valence-electron chi connectivity index (χ1n) is 20.7. The summed E-state index contributed by atoms with van der Waals surface area (Å²) in [6.45, 7) is 14.5. The zero-order valence-corrected chi connectivity index (χ0v) is 36.3. The van der Waals surface area contributed by atoms with E-state index in [-0.39, 0.29) is 24.8 Å². The van der Waals surface area contributed by atoms with Crippen molar-refractivity contribution in [2.45, 2.75) is 105 Å². The molecule has 1 saturated heterocycles. The number of aliphatic hydroxyl groups excluding tert-OH is 1. The van der Waals surface area contributed by atoms with Crippen LogP contribution in [0.4, 0.5) is 9.59 Å². The van der Waals surface area contributed by atoms with E-state index in [0.29, 0.717) is 26.1 Å². The molecule has 12 heteroatoms. The van der Waals surface area contributed by atoms with Gasteiger partial charge in [0.15, 0.2) is 0 Å². The molecule has 0 saturated carbocycles. The van der Waals surface area contributed by atoms with Crippen molar-refractivity contribution < 1.29 is 29.4 Å². The SMILES string of the molecule is Cc1ccc(-c2ccc(C[C@@H](C[C@H](O)[C@H](Cc3ccccc3)NC(=O)[C@@H](N3CCN(Cc4ccccc4)C3=O)C(C)(C)C)NC(=O)[C@@H](N(C)C(=O)O)C(C)(C)C)cc2)nc1. The first-order valence-corrected chi connectivity index (χ1v) is 20.7. The fraction of sp³-hybridized carbons (Fsp3) is 0.438. The van der Waals surface area contributed by atoms with Crippen molar-refractivity contribution in [3.63, 3.8) is 0 Å². The number of benzene rings is 3. The Morgan fingerprint density at radius 3 is 1.92 bits per heavy atom. The third-order valence-corrected chi connectivity index (χ3v) is 11.1. The van der Waals surface area contributed by atoms with Crippen LogP contribution in [0.3, 0.4) is 0 Å². The second-order valence-electron chi connectivity index (χ2n) is 18.2. The number of pyridine rings is 1. The van der Waals surface area contributed by atoms with Crippen molar-refractivity contribution in [2.24, 2.45) is 10.8 Å². The van der Waals surface area contributed by atoms with Crippen LogP contribution in [-0.4, -0.2) is 104 Å². The minimum atomic E-state index is -1.24. The molecule has 60 heavy (non-hydrogen) atoms. The molecule has 12 nitrogen and oxygen atoms in total. The van der Waals surface area contributed by atoms with Crippen molar-refractivity contribution in [1.29, 1.82) is 0 Å². The minimum Gasteiger partial charge on any atom is -0.465 e. The Kier molecular flexibility index (Phi) is 14.8. The van der Waals surface area contributed by atoms with E-state index < -0.39 is 53.1 Å². The molecule has 5 atom stereocenters. The maximum absolute atomic E-state index is 14.6. The highest BCUT2D eigenvalue weighted by molar-refractivity contribution is 5.89. The van der Waals surface area contributed by atoms with E-state index in [1.165, 1.54) is 7.05 Å². The van der Waals surface area contributed by atoms with E-state index in [1.54, 1.807) is 30.6 Å². The maximum atomic E-state index is 14.6. The molecule has 0 radical (unpaired) electrons. The van der Waals surface area contributed by atoms with E-state index in [4.69, 9.17) is 0 Å². The number of urea groups is 1. The number of amides is 5. The Balaban J connectivity index is 1.43. The average molecular weight is 819 g/mol. The third-order valence-electron chi connectivity index (χ3n) is 11.1. The van der Waals surface area contributed by atoms with Crippen LogP contribution in [0, 0.1) is 17.8 Å². The van der Waals surface area contributed by atoms with E-state index in [2.05, 4.69) is 15.6 Å². The number of carbonyl (C=O) groups excluding carboxylic acids is 3. The predicted octanol–water partition coefficient (Wildman–Crippen LogP) is 6.94. The Hall–Kier alpha value is -5.75. The van der Waals surface area contributed by atoms with Gasteiger partial charge in [0, 0.05) is 44.5 Å². The number of carbonyl (C=O) groups is 4. The molecule has 1 aliphatic rings. The summed E-state index contributed by atoms with van der Waals surface area (Å²) in [5.74, 6) is -0.872. The number of nitrogens with zero attached hydrogens (tertiary/aromatic N) is 4. The van der Waals surface area contributed by atoms with Crippen molar-refractivity contribution >= 4 is 23.9 Å². The molecule has 4 aromatic rings. The molecule has 5 rings (SSSR count). The highest BCUT2D eigenvalue weighted by Gasteiger charge is 2.45. The van der Waals surface area contributed by atoms with Gasteiger partial charge in [0.05, 0.1) is 17.8 Å². The van der Waals surface area contributed by atoms with Gasteiger partial charge in [-0.25, -0.2) is 9.59 Å². The number of hydrogen-bond acceptors (Lipinski definition) is 6. The Morgan fingerprint density at radius 2 is 1.37 bits per heavy atom. The molecule has 320 valence electrons. The molecule has 0 aliphatic carbocycles. The molecule has 0 bridgehead atoms. The van der Waals surface area contributed by atoms with Crippen molar-refractivity contribution in [3.8, 4) is 11.3 Å². The van der Waals surface area contributed by atoms with E-state index in [0.717, 1.165) is 38.4 Å². The summed E-state index contributed by atoms with van der Waals surface area (Å²) in [7, 11) is 1.38. The number of aryl methyl sites for hydroxylation is 1. The second-order valence-corrected chi connectivity index (χ2v) is 18.2. The van der Waals surface area contributed by atoms with Crippen LogP contribution in [-0.2, 0) is 29.0 Å². The number of hydrogen-bond donors (Lipinski definition) is 4. The summed E-state index contributed by atoms with van der Waals surface area (Å²) < 4.78 is 0. The number of nitrogens with one attached hydrogen (secondary N) is 2. The van der Waals surface area contributed by atoms with Gasteiger partial charge in [0.25, 0.3) is 0 Å². The highest BCUT2D eigenvalue weighted by atomic mass is 16.4. The fourth-order valence-electron chi connectivity index (χ4n) is 8.13. The van der Waals surface area contributed by atoms with Gasteiger partial charge >= 0.3 is 12.1 Å². The maximum Gasteiger partial charge on any atom is 0.407 e. The number of aromatic nitrogens is 1. The van der Waals surface area contributed by atoms with Crippen LogP contribution in [0.2, 0.25) is 0 Å². The van der Waals surface area contributed by atoms with Crippen LogP contribution in [0.25, 0.3) is 11.3 Å². The fourth-order valence-corrected chi connectivity index (χ4v) is 8.13. The van der Waals surface area contributed by atoms with Gasteiger partial charge in [-0.1, -0.05) is 133 Å². The molecule has 5 amide bonds. The summed E-state index contributed by atoms with van der Waals surface area (Å²) in [6, 6.07) is 27.5. The molecule has 0 spiro atoms. The average Bonchev–Trinajstić information content (AvgIpc) is 3.52. The highest BCUT2D eigenvalue weighted by Crippen LogP contribution is 2.30. The summed E-state index contributed by atoms with van der Waals surface area (Å²) in [5, 5.41) is 28.4. The predicted molar refractivity (Wildman–Crippen MR) is 234 cm³/mol. The van der Waals surface area contributed by atoms with Gasteiger partial charge < -0.3 is 30.6 Å². The van der Waals surface area contributed by atoms with Crippen LogP contribution >= 0.6 is 0 Å². The van der Waals surface area contributed by atoms with Gasteiger partial charge in [-0.15, -0.1) is 0 Å². The van der Waals surface area contributed by atoms with Gasteiger partial charge in [-0.2, -0.15) is 0 Å². The number of likely N-dealkylation sites (N-methyl/N-ethyl adjacent to an activating group) is 1. The van der Waals surface area contributed by atoms with Crippen molar-refractivity contribution in [1.82, 2.24) is 30.3 Å². The van der Waals surface area contributed by atoms with Gasteiger partial charge in [0.2, 0.25) is 11.8 Å². The summed E-state index contributed by atoms with van der Waals surface area (Å²) in [4.78, 5) is 63.7. The lowest BCUT2D eigenvalue weighted by molar-refractivity contribution is -0.131. The zero-order valence-electron chi connectivity index (χ0n) is 36.3. The quantitative estimate of drug-likeness (QED) is 0.0955. The van der Waals surface area contributed by atoms with E-state index in [1.807, 2.05) is 131 Å². The standard InChI is InChI=1S/C48H62N6O6/c1-32-19-24-38(49-30-32)36-22-20-34(21-23-36)27-37(50-43(56)41(47(2,3)4)52(8)46(59)60)29-40(55)39(28-33-15-11-9-12-16-33)51-44(57)42(48(5,6)7)54-26-25-53(45(54)58)31-35-17-13-10-14-18-35/h9-24,30,37,39-42,55H,25-29,31H2,1-8H3,(H,50,56)(H,51,57)(H,59,60)/t37-,39-,40-,41+,42+/m0/s1. The molecule has 1 fully saturated rings. The van der Waals surface area contributed by atoms with Gasteiger partial charge in [-0.05, 0) is 65.3 Å². The topological polar surface area (TPSA) is 155 Å². The smallest absolute Gasteiger partial charge is 0.407 e. The lowest BCUT2D eigenvalue weighted by atomic mass is 9.84. The molecule has 0 unspecified atom stereocenters. The number of aliphatic hydroxyl groups is 1. The lowest BCUT2D eigenvalue weighted by Gasteiger charge is -2.38. The van der Waals surface area contributed by atoms with E-state index in [9.17, 15) is 29.4 Å². The van der Waals surface area contributed by atoms with Crippen LogP contribution in [0.1, 0.15) is 70.2 Å². The lowest BCUT2D eigenvalue weighted by Crippen LogP contribution is -2.59. The van der Waals surface area contributed by atoms with Crippen LogP contribution < -0.4 is 10.6 Å². The normalized spacial score (nSPS) is 15.8. The molecule has 1 aromatic heterocycles. The largest absolute Gasteiger partial charge is 0.465 e. The Labute approximate surface area is 355 Å². The van der Waals surface area contributed by atoms with Crippen molar-refractivity contribution in [2.75, 3.05) is 20.1 Å². The Morgan fingerprint density at radius 1 is 0.767 bits per heavy atom. The minimum absolute atomic E-state index is 0.0338. The third kappa shape index (κ3) is 11.9. The monoisotopic (exact) mass is 818 g/mol. The summed E-state index contributed by atoms with van der Waals surface area (Å²) in [5.41, 5.74) is 4.17. The molecular weight excluding hydrogens is 757 g/mol. The molecular formula is C48H62N6O6. The second kappa shape index (κ2) is 19.5. The number of carboxylic acid groups (broad SMARTS) is 1. The zero-order chi connectivity index (χ0) is 43.8. The molecule has 1 aliphatic heterocycles. The summed E-state index contributed by atoms with van der Waals surface area (Å²) >= 11 is 0. The molecule has 3 aromatic carbocycles. The van der Waals surface area contributed by atoms with Gasteiger partial charge in [0.1, 0.15) is 12.1 Å². The van der Waals surface area contributed by atoms with Crippen molar-refractivity contribution in [3.05, 3.63) is 126 Å². The molecule has 2 heterocycles. The van der Waals surface area contributed by atoms with E-state index >= 15 is 0 Å². The first-order chi connectivity index (χ1) is 28.3.